The Kier molecular flexibility index (Phi) is 9.98. The molecular formula is C43H42F6Zr. The molecule has 2 aliphatic carbocycles. The van der Waals surface area contributed by atoms with E-state index in [0.29, 0.717) is 11.1 Å². The summed E-state index contributed by atoms with van der Waals surface area (Å²) in [4.78, 5) is 0. The second-order valence-electron chi connectivity index (χ2n) is 14.8. The number of alkyl halides is 6. The van der Waals surface area contributed by atoms with E-state index < -0.39 is 44.7 Å². The van der Waals surface area contributed by atoms with E-state index in [1.165, 1.54) is 44.2 Å². The molecule has 260 valence electrons. The van der Waals surface area contributed by atoms with E-state index in [-0.39, 0.29) is 15.0 Å². The minimum atomic E-state index is -4.52. The molecule has 0 radical (unpaired) electrons. The van der Waals surface area contributed by atoms with Crippen molar-refractivity contribution in [3.05, 3.63) is 150 Å². The van der Waals surface area contributed by atoms with Crippen LogP contribution in [-0.4, -0.2) is 3.21 Å². The molecule has 0 heterocycles. The Hall–Kier alpha value is -3.31. The quantitative estimate of drug-likeness (QED) is 0.165. The third kappa shape index (κ3) is 7.22. The van der Waals surface area contributed by atoms with Crippen molar-refractivity contribution >= 4 is 3.21 Å². The molecule has 4 aromatic rings. The summed E-state index contributed by atoms with van der Waals surface area (Å²) in [6.07, 6.45) is -1.30. The topological polar surface area (TPSA) is 0 Å². The molecule has 50 heavy (non-hydrogen) atoms. The second-order valence-corrected chi connectivity index (χ2v) is 20.9. The first kappa shape index (κ1) is 36.5. The zero-order valence-corrected chi connectivity index (χ0v) is 31.7. The van der Waals surface area contributed by atoms with Gasteiger partial charge in [0.1, 0.15) is 0 Å². The number of aryl methyl sites for hydroxylation is 2. The Morgan fingerprint density at radius 2 is 1.12 bits per heavy atom. The zero-order chi connectivity index (χ0) is 36.2. The average molecular weight is 764 g/mol. The van der Waals surface area contributed by atoms with E-state index >= 15 is 0 Å². The van der Waals surface area contributed by atoms with Gasteiger partial charge >= 0.3 is 301 Å². The first-order valence-electron chi connectivity index (χ1n) is 17.2. The van der Waals surface area contributed by atoms with Gasteiger partial charge in [-0.3, -0.25) is 0 Å². The van der Waals surface area contributed by atoms with Crippen molar-refractivity contribution < 1.29 is 47.6 Å². The van der Waals surface area contributed by atoms with E-state index in [1.54, 1.807) is 0 Å². The number of allylic oxidation sites excluding steroid dienone is 4. The van der Waals surface area contributed by atoms with Gasteiger partial charge in [-0.2, -0.15) is 0 Å². The van der Waals surface area contributed by atoms with E-state index in [1.807, 2.05) is 0 Å². The van der Waals surface area contributed by atoms with Crippen molar-refractivity contribution in [3.8, 4) is 11.1 Å². The summed E-state index contributed by atoms with van der Waals surface area (Å²) in [5.74, 6) is 0.139. The van der Waals surface area contributed by atoms with Crippen LogP contribution in [0.3, 0.4) is 0 Å². The van der Waals surface area contributed by atoms with Gasteiger partial charge in [0.2, 0.25) is 0 Å². The fourth-order valence-corrected chi connectivity index (χ4v) is 17.0. The molecule has 0 aromatic heterocycles. The maximum atomic E-state index is 13.9. The molecule has 0 saturated heterocycles. The summed E-state index contributed by atoms with van der Waals surface area (Å²) in [5.41, 5.74) is 7.82. The van der Waals surface area contributed by atoms with Crippen molar-refractivity contribution in [3.63, 3.8) is 0 Å². The van der Waals surface area contributed by atoms with Crippen molar-refractivity contribution in [1.82, 2.24) is 0 Å². The second kappa shape index (κ2) is 13.7. The molecule has 6 rings (SSSR count). The van der Waals surface area contributed by atoms with Gasteiger partial charge in [0.25, 0.3) is 0 Å². The fraction of sp³-hybridized carbons (Fsp3) is 0.326. The van der Waals surface area contributed by atoms with Crippen LogP contribution < -0.4 is 0 Å². The van der Waals surface area contributed by atoms with Crippen LogP contribution in [0.5, 0.6) is 0 Å². The standard InChI is InChI=1S/C15H8F6.C15H13.C13H21.Zr/c16-14(17,18)12-5-1-10(2-6-12)9-11-3-7-13(8-4-11)15(19,20)21;1-10-3-5-14-12(7-10)9-13-8-11(2)4-6-15(13)14;1-5-6-7-11-8-9-12(10-11)13(2,3)4;/h1-8H;3-9H,1-2H3;9-11H,5-7H2,1-4H3;. The molecule has 0 N–H and O–H groups in total. The first-order valence-corrected chi connectivity index (χ1v) is 21.1. The van der Waals surface area contributed by atoms with Crippen LogP contribution in [0.1, 0.15) is 95.1 Å². The summed E-state index contributed by atoms with van der Waals surface area (Å²) in [7, 11) is 0. The molecule has 1 unspecified atom stereocenters. The van der Waals surface area contributed by atoms with Crippen molar-refractivity contribution in [1.29, 1.82) is 0 Å². The average Bonchev–Trinajstić information content (AvgIpc) is 3.61. The number of unbranched alkanes of at least 4 members (excludes halogenated alkanes) is 1. The zero-order valence-electron chi connectivity index (χ0n) is 29.3. The number of hydrogen-bond donors (Lipinski definition) is 0. The third-order valence-corrected chi connectivity index (χ3v) is 18.5. The van der Waals surface area contributed by atoms with Gasteiger partial charge in [0.05, 0.1) is 0 Å². The Balaban J connectivity index is 1.76. The molecule has 0 saturated carbocycles. The predicted octanol–water partition coefficient (Wildman–Crippen LogP) is 13.0. The molecule has 0 nitrogen and oxygen atoms in total. The first-order chi connectivity index (χ1) is 23.5. The van der Waals surface area contributed by atoms with Crippen molar-refractivity contribution in [2.24, 2.45) is 11.3 Å². The monoisotopic (exact) mass is 762 g/mol. The van der Waals surface area contributed by atoms with E-state index in [4.69, 9.17) is 0 Å². The van der Waals surface area contributed by atoms with E-state index in [0.717, 1.165) is 69.0 Å². The maximum absolute atomic E-state index is 13.9. The third-order valence-electron chi connectivity index (χ3n) is 10.0. The molecule has 0 aliphatic heterocycles. The molecule has 2 aliphatic rings. The minimum absolute atomic E-state index is 0.0371. The van der Waals surface area contributed by atoms with Gasteiger partial charge in [0, 0.05) is 0 Å². The molecule has 0 amide bonds. The van der Waals surface area contributed by atoms with Crippen molar-refractivity contribution in [2.75, 3.05) is 0 Å². The normalized spacial score (nSPS) is 16.2. The van der Waals surface area contributed by atoms with E-state index in [9.17, 15) is 26.3 Å². The predicted molar refractivity (Wildman–Crippen MR) is 188 cm³/mol. The van der Waals surface area contributed by atoms with Crippen LogP contribution in [0, 0.1) is 25.2 Å². The summed E-state index contributed by atoms with van der Waals surface area (Å²) in [6.45, 7) is 12.9. The summed E-state index contributed by atoms with van der Waals surface area (Å²) < 4.78 is 85.4. The summed E-state index contributed by atoms with van der Waals surface area (Å²) >= 11 is -3.50. The molecule has 7 heteroatoms. The van der Waals surface area contributed by atoms with Gasteiger partial charge in [-0.05, 0) is 0 Å². The number of halogens is 6. The number of fused-ring (bicyclic) bond motifs is 3. The van der Waals surface area contributed by atoms with Gasteiger partial charge in [-0.1, -0.05) is 0 Å². The SMILES string of the molecule is CCCCC1C=C(C(C)(C)C)C=[C]1[Zr](=[C](c1ccc(C(F)(F)F)cc1)c1ccc(C(F)(F)F)cc1)[CH]1c2cc(C)ccc2-c2ccc(C)cc21. The van der Waals surface area contributed by atoms with Gasteiger partial charge in [-0.15, -0.1) is 0 Å². The van der Waals surface area contributed by atoms with Crippen LogP contribution in [0.4, 0.5) is 26.3 Å². The Bertz CT molecular complexity index is 1890. The Morgan fingerprint density at radius 1 is 0.660 bits per heavy atom. The van der Waals surface area contributed by atoms with Crippen LogP contribution in [0.2, 0.25) is 0 Å². The number of benzene rings is 4. The fourth-order valence-electron chi connectivity index (χ4n) is 7.43. The number of rotatable bonds is 7. The van der Waals surface area contributed by atoms with Gasteiger partial charge < -0.3 is 0 Å². The Labute approximate surface area is 299 Å². The van der Waals surface area contributed by atoms with Crippen LogP contribution in [0.25, 0.3) is 11.1 Å². The Morgan fingerprint density at radius 3 is 1.52 bits per heavy atom. The van der Waals surface area contributed by atoms with Crippen molar-refractivity contribution in [2.45, 2.75) is 76.8 Å². The number of hydrogen-bond acceptors (Lipinski definition) is 0. The molecule has 1 atom stereocenters. The van der Waals surface area contributed by atoms with Gasteiger partial charge in [-0.25, -0.2) is 0 Å². The molecule has 4 aromatic carbocycles. The van der Waals surface area contributed by atoms with Gasteiger partial charge in [0.15, 0.2) is 0 Å². The molecular weight excluding hydrogens is 722 g/mol. The van der Waals surface area contributed by atoms with E-state index in [2.05, 4.69) is 90.1 Å². The molecule has 0 fully saturated rings. The van der Waals surface area contributed by atoms with Crippen LogP contribution in [-0.2, 0) is 33.6 Å². The summed E-state index contributed by atoms with van der Waals surface area (Å²) in [5, 5.41) is 0. The molecule has 0 spiro atoms. The summed E-state index contributed by atoms with van der Waals surface area (Å²) in [6, 6.07) is 23.7. The molecule has 0 bridgehead atoms. The van der Waals surface area contributed by atoms with Crippen LogP contribution >= 0.6 is 0 Å². The van der Waals surface area contributed by atoms with Crippen LogP contribution in [0.15, 0.2) is 106 Å².